The van der Waals surface area contributed by atoms with Crippen molar-refractivity contribution in [3.05, 3.63) is 59.4 Å². The van der Waals surface area contributed by atoms with Crippen molar-refractivity contribution in [1.82, 2.24) is 5.32 Å². The molecule has 2 aromatic carbocycles. The van der Waals surface area contributed by atoms with Crippen LogP contribution in [0, 0.1) is 5.82 Å². The molecule has 8 nitrogen and oxygen atoms in total. The number of benzene rings is 2. The van der Waals surface area contributed by atoms with Crippen molar-refractivity contribution in [2.45, 2.75) is 30.5 Å². The molecule has 3 rings (SSSR count). The predicted molar refractivity (Wildman–Crippen MR) is 99.0 cm³/mol. The van der Waals surface area contributed by atoms with E-state index in [1.807, 2.05) is 0 Å². The molecule has 0 aromatic heterocycles. The van der Waals surface area contributed by atoms with Gasteiger partial charge in [-0.1, -0.05) is 12.1 Å². The summed E-state index contributed by atoms with van der Waals surface area (Å²) in [5.74, 6) is -0.987. The molecule has 9 heteroatoms. The van der Waals surface area contributed by atoms with Crippen LogP contribution in [0.1, 0.15) is 22.0 Å². The summed E-state index contributed by atoms with van der Waals surface area (Å²) in [6.07, 6.45) is -6.75. The topological polar surface area (TPSA) is 128 Å². The van der Waals surface area contributed by atoms with E-state index >= 15 is 0 Å². The maximum absolute atomic E-state index is 14.3. The van der Waals surface area contributed by atoms with E-state index in [0.29, 0.717) is 5.56 Å². The zero-order valence-electron chi connectivity index (χ0n) is 15.5. The van der Waals surface area contributed by atoms with Gasteiger partial charge in [0, 0.05) is 12.6 Å². The summed E-state index contributed by atoms with van der Waals surface area (Å²) in [4.78, 5) is 11.7. The van der Waals surface area contributed by atoms with Crippen molar-refractivity contribution in [3.63, 3.8) is 0 Å². The summed E-state index contributed by atoms with van der Waals surface area (Å²) < 4.78 is 25.3. The lowest BCUT2D eigenvalue weighted by Gasteiger charge is -2.40. The molecule has 29 heavy (non-hydrogen) atoms. The Morgan fingerprint density at radius 1 is 1.14 bits per heavy atom. The fraction of sp³-hybridized carbons (Fsp3) is 0.350. The highest BCUT2D eigenvalue weighted by Crippen LogP contribution is 2.35. The van der Waals surface area contributed by atoms with Gasteiger partial charge < -0.3 is 35.2 Å². The number of halogens is 1. The van der Waals surface area contributed by atoms with Crippen molar-refractivity contribution in [1.29, 1.82) is 0 Å². The van der Waals surface area contributed by atoms with Gasteiger partial charge in [0.1, 0.15) is 36.3 Å². The quantitative estimate of drug-likeness (QED) is 0.488. The molecular weight excluding hydrogens is 385 g/mol. The number of carbonyl (C=O) groups is 1. The average Bonchev–Trinajstić information content (AvgIpc) is 2.73. The van der Waals surface area contributed by atoms with Crippen LogP contribution in [-0.2, 0) is 4.74 Å². The SMILES string of the molecule is CNC(=O)c1cccc(Oc2cc([C@H]3O[C@H](CO)[C@@H](O)[C@H](O)[C@@H]3O)ccc2F)c1. The summed E-state index contributed by atoms with van der Waals surface area (Å²) in [5.41, 5.74) is 0.608. The van der Waals surface area contributed by atoms with Crippen LogP contribution < -0.4 is 10.1 Å². The molecule has 0 bridgehead atoms. The van der Waals surface area contributed by atoms with Crippen molar-refractivity contribution < 1.29 is 39.1 Å². The average molecular weight is 407 g/mol. The molecule has 0 saturated carbocycles. The number of aliphatic hydroxyl groups is 4. The van der Waals surface area contributed by atoms with Crippen LogP contribution >= 0.6 is 0 Å². The maximum Gasteiger partial charge on any atom is 0.251 e. The third-order valence-electron chi connectivity index (χ3n) is 4.73. The van der Waals surface area contributed by atoms with Crippen LogP contribution in [0.15, 0.2) is 42.5 Å². The highest BCUT2D eigenvalue weighted by molar-refractivity contribution is 5.94. The molecule has 0 unspecified atom stereocenters. The Kier molecular flexibility index (Phi) is 6.46. The lowest BCUT2D eigenvalue weighted by molar-refractivity contribution is -0.231. The van der Waals surface area contributed by atoms with Gasteiger partial charge >= 0.3 is 0 Å². The standard InChI is InChI=1S/C20H22FNO7/c1-22-20(27)11-3-2-4-12(7-11)28-14-8-10(5-6-13(14)21)19-18(26)17(25)16(24)15(9-23)29-19/h2-8,15-19,23-26H,9H2,1H3,(H,22,27)/t15-,16-,17+,18+,19-/m1/s1. The normalized spacial score (nSPS) is 26.8. The molecule has 0 radical (unpaired) electrons. The Labute approximate surface area is 166 Å². The second kappa shape index (κ2) is 8.85. The zero-order chi connectivity index (χ0) is 21.1. The first-order chi connectivity index (χ1) is 13.8. The number of ether oxygens (including phenoxy) is 2. The van der Waals surface area contributed by atoms with E-state index in [1.54, 1.807) is 18.2 Å². The second-order valence-corrected chi connectivity index (χ2v) is 6.65. The van der Waals surface area contributed by atoms with E-state index in [-0.39, 0.29) is 23.0 Å². The predicted octanol–water partition coefficient (Wildman–Crippen LogP) is 0.492. The maximum atomic E-state index is 14.3. The highest BCUT2D eigenvalue weighted by atomic mass is 19.1. The van der Waals surface area contributed by atoms with Crippen LogP contribution in [0.5, 0.6) is 11.5 Å². The first-order valence-corrected chi connectivity index (χ1v) is 8.95. The first-order valence-electron chi connectivity index (χ1n) is 8.95. The van der Waals surface area contributed by atoms with Gasteiger partial charge in [-0.05, 0) is 35.9 Å². The smallest absolute Gasteiger partial charge is 0.251 e. The van der Waals surface area contributed by atoms with Crippen LogP contribution in [0.3, 0.4) is 0 Å². The Morgan fingerprint density at radius 2 is 1.90 bits per heavy atom. The molecule has 1 aliphatic heterocycles. The monoisotopic (exact) mass is 407 g/mol. The lowest BCUT2D eigenvalue weighted by Crippen LogP contribution is -2.55. The van der Waals surface area contributed by atoms with Crippen molar-refractivity contribution in [3.8, 4) is 11.5 Å². The summed E-state index contributed by atoms with van der Waals surface area (Å²) in [6, 6.07) is 9.89. The van der Waals surface area contributed by atoms with Crippen LogP contribution in [-0.4, -0.2) is 64.4 Å². The van der Waals surface area contributed by atoms with Crippen LogP contribution in [0.4, 0.5) is 4.39 Å². The Hall–Kier alpha value is -2.56. The van der Waals surface area contributed by atoms with Gasteiger partial charge in [0.15, 0.2) is 11.6 Å². The number of aliphatic hydroxyl groups excluding tert-OH is 4. The second-order valence-electron chi connectivity index (χ2n) is 6.65. The van der Waals surface area contributed by atoms with Crippen molar-refractivity contribution in [2.24, 2.45) is 0 Å². The minimum absolute atomic E-state index is 0.187. The Morgan fingerprint density at radius 3 is 2.59 bits per heavy atom. The van der Waals surface area contributed by atoms with E-state index < -0.39 is 42.9 Å². The summed E-state index contributed by atoms with van der Waals surface area (Å²) in [6.45, 7) is -0.571. The first kappa shape index (κ1) is 21.2. The molecule has 1 saturated heterocycles. The largest absolute Gasteiger partial charge is 0.454 e. The molecule has 0 spiro atoms. The Bertz CT molecular complexity index is 876. The van der Waals surface area contributed by atoms with E-state index in [0.717, 1.165) is 6.07 Å². The third kappa shape index (κ3) is 4.39. The summed E-state index contributed by atoms with van der Waals surface area (Å²) in [5, 5.41) is 41.9. The fourth-order valence-electron chi connectivity index (χ4n) is 3.12. The van der Waals surface area contributed by atoms with E-state index in [9.17, 15) is 29.6 Å². The van der Waals surface area contributed by atoms with Crippen LogP contribution in [0.2, 0.25) is 0 Å². The molecular formula is C20H22FNO7. The highest BCUT2D eigenvalue weighted by Gasteiger charge is 2.44. The zero-order valence-corrected chi connectivity index (χ0v) is 15.5. The molecule has 5 N–H and O–H groups in total. The molecule has 156 valence electrons. The Balaban J connectivity index is 1.88. The summed E-state index contributed by atoms with van der Waals surface area (Å²) in [7, 11) is 1.49. The van der Waals surface area contributed by atoms with Gasteiger partial charge in [-0.3, -0.25) is 4.79 Å². The van der Waals surface area contributed by atoms with Gasteiger partial charge in [0.05, 0.1) is 6.61 Å². The molecule has 1 heterocycles. The molecule has 0 aliphatic carbocycles. The van der Waals surface area contributed by atoms with E-state index in [4.69, 9.17) is 9.47 Å². The number of amides is 1. The van der Waals surface area contributed by atoms with Gasteiger partial charge in [0.25, 0.3) is 5.91 Å². The van der Waals surface area contributed by atoms with E-state index in [1.165, 1.54) is 25.2 Å². The van der Waals surface area contributed by atoms with Gasteiger partial charge in [-0.15, -0.1) is 0 Å². The minimum atomic E-state index is -1.55. The third-order valence-corrected chi connectivity index (χ3v) is 4.73. The molecule has 5 atom stereocenters. The van der Waals surface area contributed by atoms with Gasteiger partial charge in [-0.25, -0.2) is 4.39 Å². The lowest BCUT2D eigenvalue weighted by atomic mass is 9.91. The number of nitrogens with one attached hydrogen (secondary N) is 1. The van der Waals surface area contributed by atoms with E-state index in [2.05, 4.69) is 5.32 Å². The van der Waals surface area contributed by atoms with Crippen molar-refractivity contribution in [2.75, 3.05) is 13.7 Å². The number of hydrogen-bond acceptors (Lipinski definition) is 7. The molecule has 2 aromatic rings. The van der Waals surface area contributed by atoms with Crippen LogP contribution in [0.25, 0.3) is 0 Å². The van der Waals surface area contributed by atoms with Crippen molar-refractivity contribution >= 4 is 5.91 Å². The fourth-order valence-corrected chi connectivity index (χ4v) is 3.12. The molecule has 1 fully saturated rings. The minimum Gasteiger partial charge on any atom is -0.454 e. The number of hydrogen-bond donors (Lipinski definition) is 5. The molecule has 1 aliphatic rings. The van der Waals surface area contributed by atoms with Gasteiger partial charge in [-0.2, -0.15) is 0 Å². The number of rotatable bonds is 5. The summed E-state index contributed by atoms with van der Waals surface area (Å²) >= 11 is 0. The van der Waals surface area contributed by atoms with Gasteiger partial charge in [0.2, 0.25) is 0 Å². The molecule has 1 amide bonds. The number of carbonyl (C=O) groups excluding carboxylic acids is 1.